The predicted octanol–water partition coefficient (Wildman–Crippen LogP) is 0.712. The molecule has 1 unspecified atom stereocenters. The monoisotopic (exact) mass is 142 g/mol. The van der Waals surface area contributed by atoms with Gasteiger partial charge in [0.2, 0.25) is 0 Å². The third-order valence-corrected chi connectivity index (χ3v) is 1.35. The lowest BCUT2D eigenvalue weighted by Gasteiger charge is -2.06. The Kier molecular flexibility index (Phi) is 5.26. The lowest BCUT2D eigenvalue weighted by molar-refractivity contribution is 0.455. The number of nitrogens with one attached hydrogen (secondary N) is 1. The van der Waals surface area contributed by atoms with Crippen molar-refractivity contribution in [2.75, 3.05) is 27.7 Å². The second-order valence-electron chi connectivity index (χ2n) is 2.77. The van der Waals surface area contributed by atoms with Crippen molar-refractivity contribution >= 4 is 0 Å². The third kappa shape index (κ3) is 5.79. The first-order valence-electron chi connectivity index (χ1n) is 3.65. The molecule has 0 rings (SSSR count). The van der Waals surface area contributed by atoms with Crippen molar-refractivity contribution in [1.29, 1.82) is 0 Å². The molecule has 1 atom stereocenters. The molecule has 0 aliphatic rings. The molecule has 0 aromatic carbocycles. The van der Waals surface area contributed by atoms with E-state index < -0.39 is 0 Å². The zero-order chi connectivity index (χ0) is 7.98. The summed E-state index contributed by atoms with van der Waals surface area (Å²) in [5.41, 5.74) is 0. The Labute approximate surface area is 63.9 Å². The maximum atomic E-state index is 3.13. The van der Waals surface area contributed by atoms with Crippen LogP contribution in [0.4, 0.5) is 0 Å². The number of nitrogens with zero attached hydrogens (tertiary/aromatic N) is 1. The van der Waals surface area contributed by atoms with Gasteiger partial charge in [0.05, 0.1) is 0 Å². The standard InChI is InChI=1S/C8H18N2/c1-8(9-2)6-5-7-10(3)4/h5-6,8-9H,7H2,1-4H3. The second kappa shape index (κ2) is 5.45. The van der Waals surface area contributed by atoms with Crippen molar-refractivity contribution in [3.05, 3.63) is 12.2 Å². The summed E-state index contributed by atoms with van der Waals surface area (Å²) in [6, 6.07) is 0.486. The lowest BCUT2D eigenvalue weighted by atomic mass is 10.3. The minimum Gasteiger partial charge on any atom is -0.314 e. The molecular formula is C8H18N2. The molecule has 1 N–H and O–H groups in total. The first kappa shape index (κ1) is 9.66. The molecule has 2 nitrogen and oxygen atoms in total. The van der Waals surface area contributed by atoms with Crippen LogP contribution in [0.1, 0.15) is 6.92 Å². The molecule has 0 saturated carbocycles. The highest BCUT2D eigenvalue weighted by atomic mass is 15.0. The van der Waals surface area contributed by atoms with E-state index in [1.54, 1.807) is 0 Å². The molecule has 0 aliphatic heterocycles. The summed E-state index contributed by atoms with van der Waals surface area (Å²) < 4.78 is 0. The molecule has 10 heavy (non-hydrogen) atoms. The number of hydrogen-bond acceptors (Lipinski definition) is 2. The first-order valence-corrected chi connectivity index (χ1v) is 3.65. The highest BCUT2D eigenvalue weighted by Crippen LogP contribution is 1.83. The Bertz CT molecular complexity index is 97.4. The van der Waals surface area contributed by atoms with Crippen LogP contribution >= 0.6 is 0 Å². The normalized spacial score (nSPS) is 14.9. The summed E-state index contributed by atoms with van der Waals surface area (Å²) in [4.78, 5) is 2.14. The van der Waals surface area contributed by atoms with Gasteiger partial charge in [0.15, 0.2) is 0 Å². The fourth-order valence-electron chi connectivity index (χ4n) is 0.572. The van der Waals surface area contributed by atoms with E-state index in [-0.39, 0.29) is 0 Å². The van der Waals surface area contributed by atoms with Crippen LogP contribution in [0.3, 0.4) is 0 Å². The van der Waals surface area contributed by atoms with Gasteiger partial charge >= 0.3 is 0 Å². The molecule has 2 heteroatoms. The van der Waals surface area contributed by atoms with Gasteiger partial charge in [-0.3, -0.25) is 0 Å². The van der Waals surface area contributed by atoms with Crippen LogP contribution in [-0.2, 0) is 0 Å². The van der Waals surface area contributed by atoms with Crippen LogP contribution in [0, 0.1) is 0 Å². The number of likely N-dealkylation sites (N-methyl/N-ethyl adjacent to an activating group) is 2. The van der Waals surface area contributed by atoms with E-state index in [4.69, 9.17) is 0 Å². The molecule has 0 bridgehead atoms. The van der Waals surface area contributed by atoms with E-state index in [1.165, 1.54) is 0 Å². The summed E-state index contributed by atoms with van der Waals surface area (Å²) >= 11 is 0. The summed E-state index contributed by atoms with van der Waals surface area (Å²) in [5.74, 6) is 0. The Balaban J connectivity index is 3.36. The minimum atomic E-state index is 0.486. The van der Waals surface area contributed by atoms with E-state index in [2.05, 4.69) is 43.4 Å². The maximum absolute atomic E-state index is 3.13. The van der Waals surface area contributed by atoms with E-state index in [9.17, 15) is 0 Å². The summed E-state index contributed by atoms with van der Waals surface area (Å²) in [6.45, 7) is 3.15. The van der Waals surface area contributed by atoms with E-state index in [0.29, 0.717) is 6.04 Å². The Morgan fingerprint density at radius 2 is 2.10 bits per heavy atom. The fourth-order valence-corrected chi connectivity index (χ4v) is 0.572. The number of hydrogen-bond donors (Lipinski definition) is 1. The van der Waals surface area contributed by atoms with Crippen molar-refractivity contribution in [3.8, 4) is 0 Å². The van der Waals surface area contributed by atoms with Gasteiger partial charge in [0, 0.05) is 12.6 Å². The van der Waals surface area contributed by atoms with Crippen LogP contribution in [0.2, 0.25) is 0 Å². The van der Waals surface area contributed by atoms with Gasteiger partial charge in [-0.05, 0) is 28.1 Å². The van der Waals surface area contributed by atoms with Gasteiger partial charge in [-0.25, -0.2) is 0 Å². The largest absolute Gasteiger partial charge is 0.314 e. The highest BCUT2D eigenvalue weighted by molar-refractivity contribution is 4.91. The highest BCUT2D eigenvalue weighted by Gasteiger charge is 1.88. The second-order valence-corrected chi connectivity index (χ2v) is 2.77. The molecular weight excluding hydrogens is 124 g/mol. The van der Waals surface area contributed by atoms with Gasteiger partial charge in [-0.2, -0.15) is 0 Å². The van der Waals surface area contributed by atoms with Crippen molar-refractivity contribution in [2.24, 2.45) is 0 Å². The Morgan fingerprint density at radius 3 is 2.50 bits per heavy atom. The first-order chi connectivity index (χ1) is 4.66. The fraction of sp³-hybridized carbons (Fsp3) is 0.750. The zero-order valence-corrected chi connectivity index (χ0v) is 7.39. The maximum Gasteiger partial charge on any atom is 0.0219 e. The van der Waals surface area contributed by atoms with Gasteiger partial charge in [-0.1, -0.05) is 12.2 Å². The topological polar surface area (TPSA) is 15.3 Å². The molecule has 0 saturated heterocycles. The molecule has 0 aliphatic carbocycles. The smallest absolute Gasteiger partial charge is 0.0219 e. The van der Waals surface area contributed by atoms with Crippen molar-refractivity contribution < 1.29 is 0 Å². The van der Waals surface area contributed by atoms with Crippen LogP contribution in [0.5, 0.6) is 0 Å². The quantitative estimate of drug-likeness (QED) is 0.582. The van der Waals surface area contributed by atoms with E-state index >= 15 is 0 Å². The van der Waals surface area contributed by atoms with Crippen molar-refractivity contribution in [2.45, 2.75) is 13.0 Å². The molecule has 0 radical (unpaired) electrons. The van der Waals surface area contributed by atoms with Crippen LogP contribution in [0.15, 0.2) is 12.2 Å². The summed E-state index contributed by atoms with van der Waals surface area (Å²) in [5, 5.41) is 3.13. The van der Waals surface area contributed by atoms with Gasteiger partial charge in [0.25, 0.3) is 0 Å². The lowest BCUT2D eigenvalue weighted by Crippen LogP contribution is -2.19. The van der Waals surface area contributed by atoms with Crippen molar-refractivity contribution in [1.82, 2.24) is 10.2 Å². The Hall–Kier alpha value is -0.340. The van der Waals surface area contributed by atoms with Gasteiger partial charge in [-0.15, -0.1) is 0 Å². The third-order valence-electron chi connectivity index (χ3n) is 1.35. The van der Waals surface area contributed by atoms with Crippen molar-refractivity contribution in [3.63, 3.8) is 0 Å². The molecule has 0 aromatic heterocycles. The summed E-state index contributed by atoms with van der Waals surface area (Å²) in [6.07, 6.45) is 4.33. The van der Waals surface area contributed by atoms with E-state index in [0.717, 1.165) is 6.54 Å². The predicted molar refractivity (Wildman–Crippen MR) is 46.2 cm³/mol. The molecule has 0 fully saturated rings. The average molecular weight is 142 g/mol. The van der Waals surface area contributed by atoms with Crippen LogP contribution in [0.25, 0.3) is 0 Å². The average Bonchev–Trinajstić information content (AvgIpc) is 1.87. The molecule has 0 aromatic rings. The Morgan fingerprint density at radius 1 is 1.50 bits per heavy atom. The summed E-state index contributed by atoms with van der Waals surface area (Å²) in [7, 11) is 6.09. The van der Waals surface area contributed by atoms with E-state index in [1.807, 2.05) is 7.05 Å². The molecule has 0 heterocycles. The minimum absolute atomic E-state index is 0.486. The van der Waals surface area contributed by atoms with Gasteiger partial charge < -0.3 is 10.2 Å². The van der Waals surface area contributed by atoms with Crippen LogP contribution < -0.4 is 5.32 Å². The number of rotatable bonds is 4. The molecule has 0 amide bonds. The SMILES string of the molecule is CNC(C)C=CCN(C)C. The van der Waals surface area contributed by atoms with Gasteiger partial charge in [0.1, 0.15) is 0 Å². The van der Waals surface area contributed by atoms with Crippen LogP contribution in [-0.4, -0.2) is 38.6 Å². The zero-order valence-electron chi connectivity index (χ0n) is 7.39. The molecule has 60 valence electrons. The molecule has 0 spiro atoms.